The SMILES string of the molecule is CCC(CNC1CC1)OC(C)C. The molecule has 0 saturated heterocycles. The molecule has 0 heterocycles. The Morgan fingerprint density at radius 2 is 2.08 bits per heavy atom. The number of nitrogens with one attached hydrogen (secondary N) is 1. The zero-order chi connectivity index (χ0) is 8.97. The van der Waals surface area contributed by atoms with Gasteiger partial charge in [0.15, 0.2) is 0 Å². The third-order valence-electron chi connectivity index (χ3n) is 2.13. The summed E-state index contributed by atoms with van der Waals surface area (Å²) < 4.78 is 5.72. The Morgan fingerprint density at radius 3 is 2.50 bits per heavy atom. The summed E-state index contributed by atoms with van der Waals surface area (Å²) in [6, 6.07) is 0.801. The van der Waals surface area contributed by atoms with E-state index in [2.05, 4.69) is 26.1 Å². The molecule has 1 rings (SSSR count). The normalized spacial score (nSPS) is 20.0. The van der Waals surface area contributed by atoms with Crippen LogP contribution >= 0.6 is 0 Å². The van der Waals surface area contributed by atoms with E-state index in [9.17, 15) is 0 Å². The second-order valence-corrected chi connectivity index (χ2v) is 3.90. The second-order valence-electron chi connectivity index (χ2n) is 3.90. The molecule has 0 amide bonds. The van der Waals surface area contributed by atoms with Crippen LogP contribution in [0.2, 0.25) is 0 Å². The molecule has 0 aromatic rings. The molecule has 2 nitrogen and oxygen atoms in total. The topological polar surface area (TPSA) is 21.3 Å². The fraction of sp³-hybridized carbons (Fsp3) is 1.00. The van der Waals surface area contributed by atoms with Gasteiger partial charge in [-0.05, 0) is 33.1 Å². The molecule has 1 saturated carbocycles. The molecule has 1 unspecified atom stereocenters. The van der Waals surface area contributed by atoms with Crippen LogP contribution < -0.4 is 5.32 Å². The lowest BCUT2D eigenvalue weighted by Gasteiger charge is -2.19. The van der Waals surface area contributed by atoms with Gasteiger partial charge in [0.1, 0.15) is 0 Å². The standard InChI is InChI=1S/C10H21NO/c1-4-10(12-8(2)3)7-11-9-5-6-9/h8-11H,4-7H2,1-3H3. The number of hydrogen-bond acceptors (Lipinski definition) is 2. The lowest BCUT2D eigenvalue weighted by Crippen LogP contribution is -2.31. The molecule has 1 N–H and O–H groups in total. The summed E-state index contributed by atoms with van der Waals surface area (Å²) in [4.78, 5) is 0. The molecule has 0 aromatic carbocycles. The smallest absolute Gasteiger partial charge is 0.0700 e. The van der Waals surface area contributed by atoms with Crippen molar-refractivity contribution in [1.82, 2.24) is 5.32 Å². The van der Waals surface area contributed by atoms with Gasteiger partial charge in [0, 0.05) is 12.6 Å². The summed E-state index contributed by atoms with van der Waals surface area (Å²) in [5, 5.41) is 3.49. The van der Waals surface area contributed by atoms with Crippen molar-refractivity contribution in [3.05, 3.63) is 0 Å². The molecule has 0 aromatic heterocycles. The van der Waals surface area contributed by atoms with Crippen LogP contribution in [0.5, 0.6) is 0 Å². The first-order valence-electron chi connectivity index (χ1n) is 5.11. The maximum atomic E-state index is 5.72. The van der Waals surface area contributed by atoms with E-state index >= 15 is 0 Å². The zero-order valence-electron chi connectivity index (χ0n) is 8.47. The van der Waals surface area contributed by atoms with Crippen LogP contribution in [-0.4, -0.2) is 24.8 Å². The molecule has 1 atom stereocenters. The van der Waals surface area contributed by atoms with Gasteiger partial charge in [0.05, 0.1) is 12.2 Å². The fourth-order valence-corrected chi connectivity index (χ4v) is 1.26. The lowest BCUT2D eigenvalue weighted by molar-refractivity contribution is 0.00650. The van der Waals surface area contributed by atoms with E-state index < -0.39 is 0 Å². The van der Waals surface area contributed by atoms with E-state index in [1.165, 1.54) is 12.8 Å². The first-order valence-corrected chi connectivity index (χ1v) is 5.11. The lowest BCUT2D eigenvalue weighted by atomic mass is 10.2. The summed E-state index contributed by atoms with van der Waals surface area (Å²) >= 11 is 0. The minimum absolute atomic E-state index is 0.357. The predicted molar refractivity (Wildman–Crippen MR) is 51.3 cm³/mol. The molecule has 0 radical (unpaired) electrons. The van der Waals surface area contributed by atoms with Gasteiger partial charge in [-0.3, -0.25) is 0 Å². The second kappa shape index (κ2) is 4.83. The molecular formula is C10H21NO. The van der Waals surface area contributed by atoms with E-state index in [0.717, 1.165) is 19.0 Å². The highest BCUT2D eigenvalue weighted by molar-refractivity contribution is 4.81. The summed E-state index contributed by atoms with van der Waals surface area (Å²) in [5.74, 6) is 0. The van der Waals surface area contributed by atoms with Crippen molar-refractivity contribution in [1.29, 1.82) is 0 Å². The fourth-order valence-electron chi connectivity index (χ4n) is 1.26. The van der Waals surface area contributed by atoms with E-state index in [4.69, 9.17) is 4.74 Å². The quantitative estimate of drug-likeness (QED) is 0.659. The molecule has 2 heteroatoms. The summed E-state index contributed by atoms with van der Waals surface area (Å²) in [6.07, 6.45) is 4.59. The van der Waals surface area contributed by atoms with Gasteiger partial charge in [0.25, 0.3) is 0 Å². The van der Waals surface area contributed by atoms with Gasteiger partial charge < -0.3 is 10.1 Å². The molecule has 0 bridgehead atoms. The van der Waals surface area contributed by atoms with Crippen LogP contribution in [0.3, 0.4) is 0 Å². The average molecular weight is 171 g/mol. The largest absolute Gasteiger partial charge is 0.374 e. The molecular weight excluding hydrogens is 150 g/mol. The third kappa shape index (κ3) is 4.07. The molecule has 1 aliphatic carbocycles. The van der Waals surface area contributed by atoms with Crippen LogP contribution in [-0.2, 0) is 4.74 Å². The minimum Gasteiger partial charge on any atom is -0.374 e. The van der Waals surface area contributed by atoms with E-state index in [0.29, 0.717) is 12.2 Å². The van der Waals surface area contributed by atoms with Crippen LogP contribution in [0.1, 0.15) is 40.0 Å². The van der Waals surface area contributed by atoms with E-state index in [-0.39, 0.29) is 0 Å². The monoisotopic (exact) mass is 171 g/mol. The first-order chi connectivity index (χ1) is 5.72. The Labute approximate surface area is 75.7 Å². The number of ether oxygens (including phenoxy) is 1. The Kier molecular flexibility index (Phi) is 4.02. The van der Waals surface area contributed by atoms with Gasteiger partial charge >= 0.3 is 0 Å². The maximum Gasteiger partial charge on any atom is 0.0700 e. The van der Waals surface area contributed by atoms with Gasteiger partial charge in [-0.1, -0.05) is 6.92 Å². The van der Waals surface area contributed by atoms with Gasteiger partial charge in [0.2, 0.25) is 0 Å². The minimum atomic E-state index is 0.357. The highest BCUT2D eigenvalue weighted by Gasteiger charge is 2.21. The van der Waals surface area contributed by atoms with Crippen molar-refractivity contribution in [2.45, 2.75) is 58.3 Å². The molecule has 12 heavy (non-hydrogen) atoms. The van der Waals surface area contributed by atoms with Crippen molar-refractivity contribution in [3.63, 3.8) is 0 Å². The van der Waals surface area contributed by atoms with Crippen LogP contribution in [0.4, 0.5) is 0 Å². The zero-order valence-corrected chi connectivity index (χ0v) is 8.47. The van der Waals surface area contributed by atoms with Crippen LogP contribution in [0.15, 0.2) is 0 Å². The van der Waals surface area contributed by atoms with Crippen molar-refractivity contribution in [2.24, 2.45) is 0 Å². The third-order valence-corrected chi connectivity index (χ3v) is 2.13. The molecule has 1 aliphatic rings. The van der Waals surface area contributed by atoms with Crippen LogP contribution in [0, 0.1) is 0 Å². The van der Waals surface area contributed by atoms with Crippen molar-refractivity contribution in [2.75, 3.05) is 6.54 Å². The van der Waals surface area contributed by atoms with Gasteiger partial charge in [-0.15, -0.1) is 0 Å². The molecule has 1 fully saturated rings. The molecule has 0 spiro atoms. The van der Waals surface area contributed by atoms with Crippen molar-refractivity contribution >= 4 is 0 Å². The van der Waals surface area contributed by atoms with Crippen LogP contribution in [0.25, 0.3) is 0 Å². The van der Waals surface area contributed by atoms with Gasteiger partial charge in [-0.2, -0.15) is 0 Å². The average Bonchev–Trinajstić information content (AvgIpc) is 2.80. The Morgan fingerprint density at radius 1 is 1.42 bits per heavy atom. The van der Waals surface area contributed by atoms with E-state index in [1.54, 1.807) is 0 Å². The first kappa shape index (κ1) is 10.0. The van der Waals surface area contributed by atoms with E-state index in [1.807, 2.05) is 0 Å². The Balaban J connectivity index is 2.06. The summed E-state index contributed by atoms with van der Waals surface area (Å²) in [6.45, 7) is 7.40. The maximum absolute atomic E-state index is 5.72. The molecule has 72 valence electrons. The highest BCUT2D eigenvalue weighted by Crippen LogP contribution is 2.18. The Hall–Kier alpha value is -0.0800. The van der Waals surface area contributed by atoms with Crippen molar-refractivity contribution in [3.8, 4) is 0 Å². The summed E-state index contributed by atoms with van der Waals surface area (Å²) in [5.41, 5.74) is 0. The molecule has 0 aliphatic heterocycles. The highest BCUT2D eigenvalue weighted by atomic mass is 16.5. The number of rotatable bonds is 6. The predicted octanol–water partition coefficient (Wildman–Crippen LogP) is 1.94. The van der Waals surface area contributed by atoms with Crippen molar-refractivity contribution < 1.29 is 4.74 Å². The Bertz CT molecular complexity index is 121. The number of hydrogen-bond donors (Lipinski definition) is 1. The van der Waals surface area contributed by atoms with Gasteiger partial charge in [-0.25, -0.2) is 0 Å². The summed E-state index contributed by atoms with van der Waals surface area (Å²) in [7, 11) is 0.